The summed E-state index contributed by atoms with van der Waals surface area (Å²) in [7, 11) is 0. The number of hydrogen-bond donors (Lipinski definition) is 1. The molecule has 2 rings (SSSR count). The third-order valence-electron chi connectivity index (χ3n) is 2.52. The standard InChI is InChI=1S/C12H7F3O3/c13-12(14,15)7-2-3-8-6(5-7)1-4-9(16)10(8)11(17)18/h1-5,16H,(H,17,18)/p-1. The number of carbonyl (C=O) groups is 1. The molecule has 0 aliphatic carbocycles. The summed E-state index contributed by atoms with van der Waals surface area (Å²) in [5.74, 6) is -2.18. The highest BCUT2D eigenvalue weighted by Crippen LogP contribution is 2.33. The lowest BCUT2D eigenvalue weighted by molar-refractivity contribution is -0.268. The first-order valence-corrected chi connectivity index (χ1v) is 4.85. The number of carboxylic acid groups (broad SMARTS) is 1. The molecule has 0 bridgehead atoms. The third-order valence-corrected chi connectivity index (χ3v) is 2.52. The zero-order chi connectivity index (χ0) is 13.5. The van der Waals surface area contributed by atoms with Gasteiger partial charge in [-0.2, -0.15) is 13.2 Å². The maximum absolute atomic E-state index is 12.5. The number of halogens is 3. The minimum Gasteiger partial charge on any atom is -0.872 e. The van der Waals surface area contributed by atoms with Crippen LogP contribution in [-0.2, 0) is 6.18 Å². The fraction of sp³-hybridized carbons (Fsp3) is 0.0833. The zero-order valence-corrected chi connectivity index (χ0v) is 8.78. The predicted octanol–water partition coefficient (Wildman–Crippen LogP) is 2.63. The van der Waals surface area contributed by atoms with Crippen molar-refractivity contribution in [3.63, 3.8) is 0 Å². The molecule has 18 heavy (non-hydrogen) atoms. The van der Waals surface area contributed by atoms with E-state index >= 15 is 0 Å². The molecule has 0 fully saturated rings. The molecule has 94 valence electrons. The zero-order valence-electron chi connectivity index (χ0n) is 8.78. The van der Waals surface area contributed by atoms with Gasteiger partial charge in [-0.3, -0.25) is 0 Å². The van der Waals surface area contributed by atoms with Crippen LogP contribution in [-0.4, -0.2) is 11.1 Å². The second kappa shape index (κ2) is 3.90. The molecule has 6 heteroatoms. The lowest BCUT2D eigenvalue weighted by atomic mass is 10.0. The summed E-state index contributed by atoms with van der Waals surface area (Å²) in [6.45, 7) is 0. The van der Waals surface area contributed by atoms with Crippen molar-refractivity contribution in [1.29, 1.82) is 0 Å². The number of rotatable bonds is 1. The fourth-order valence-corrected chi connectivity index (χ4v) is 1.71. The largest absolute Gasteiger partial charge is 0.872 e. The molecule has 0 saturated carbocycles. The van der Waals surface area contributed by atoms with Crippen molar-refractivity contribution in [2.45, 2.75) is 6.18 Å². The summed E-state index contributed by atoms with van der Waals surface area (Å²) in [5.41, 5.74) is -1.40. The van der Waals surface area contributed by atoms with Crippen LogP contribution in [0.25, 0.3) is 10.8 Å². The van der Waals surface area contributed by atoms with Crippen molar-refractivity contribution >= 4 is 16.7 Å². The SMILES string of the molecule is O=C(O)c1c([O-])ccc2cc(C(F)(F)F)ccc12. The molecular formula is C12H6F3O3-. The second-order valence-corrected chi connectivity index (χ2v) is 3.68. The summed E-state index contributed by atoms with van der Waals surface area (Å²) in [5, 5.41) is 20.3. The van der Waals surface area contributed by atoms with E-state index in [-0.39, 0.29) is 10.8 Å². The summed E-state index contributed by atoms with van der Waals surface area (Å²) in [6, 6.07) is 4.71. The van der Waals surface area contributed by atoms with Crippen molar-refractivity contribution in [2.75, 3.05) is 0 Å². The van der Waals surface area contributed by atoms with Gasteiger partial charge in [-0.15, -0.1) is 0 Å². The Bertz CT molecular complexity index is 632. The number of fused-ring (bicyclic) bond motifs is 1. The molecule has 1 N–H and O–H groups in total. The minimum absolute atomic E-state index is 0.00278. The van der Waals surface area contributed by atoms with Gasteiger partial charge in [0.2, 0.25) is 0 Å². The molecule has 0 spiro atoms. The second-order valence-electron chi connectivity index (χ2n) is 3.68. The highest BCUT2D eigenvalue weighted by molar-refractivity contribution is 6.06. The maximum Gasteiger partial charge on any atom is 0.416 e. The number of hydrogen-bond acceptors (Lipinski definition) is 2. The molecule has 3 nitrogen and oxygen atoms in total. The summed E-state index contributed by atoms with van der Waals surface area (Å²) < 4.78 is 37.4. The number of aromatic carboxylic acids is 1. The molecule has 0 saturated heterocycles. The van der Waals surface area contributed by atoms with Crippen molar-refractivity contribution in [2.24, 2.45) is 0 Å². The molecule has 2 aromatic carbocycles. The Labute approximate surface area is 99.1 Å². The number of alkyl halides is 3. The van der Waals surface area contributed by atoms with E-state index in [1.54, 1.807) is 0 Å². The van der Waals surface area contributed by atoms with Crippen LogP contribution in [0.1, 0.15) is 15.9 Å². The van der Waals surface area contributed by atoms with Gasteiger partial charge >= 0.3 is 12.1 Å². The number of benzene rings is 2. The first-order valence-electron chi connectivity index (χ1n) is 4.85. The molecule has 0 heterocycles. The van der Waals surface area contributed by atoms with Crippen molar-refractivity contribution < 1.29 is 28.2 Å². The van der Waals surface area contributed by atoms with Gasteiger partial charge in [-0.05, 0) is 22.9 Å². The normalized spacial score (nSPS) is 11.7. The van der Waals surface area contributed by atoms with E-state index in [1.807, 2.05) is 0 Å². The maximum atomic E-state index is 12.5. The molecule has 0 atom stereocenters. The molecule has 0 amide bonds. The summed E-state index contributed by atoms with van der Waals surface area (Å²) in [6.07, 6.45) is -4.51. The van der Waals surface area contributed by atoms with Crippen LogP contribution in [0.2, 0.25) is 0 Å². The Morgan fingerprint density at radius 2 is 1.83 bits per heavy atom. The third kappa shape index (κ3) is 1.97. The molecule has 0 unspecified atom stereocenters. The molecule has 2 aromatic rings. The van der Waals surface area contributed by atoms with E-state index in [2.05, 4.69) is 0 Å². The van der Waals surface area contributed by atoms with Gasteiger partial charge < -0.3 is 10.2 Å². The van der Waals surface area contributed by atoms with Crippen LogP contribution in [0, 0.1) is 0 Å². The van der Waals surface area contributed by atoms with Gasteiger partial charge in [-0.25, -0.2) is 4.79 Å². The smallest absolute Gasteiger partial charge is 0.416 e. The highest BCUT2D eigenvalue weighted by Gasteiger charge is 2.30. The van der Waals surface area contributed by atoms with E-state index in [9.17, 15) is 23.1 Å². The van der Waals surface area contributed by atoms with Gasteiger partial charge in [0, 0.05) is 0 Å². The molecule has 0 aromatic heterocycles. The van der Waals surface area contributed by atoms with Crippen LogP contribution in [0.15, 0.2) is 30.3 Å². The molecule has 0 radical (unpaired) electrons. The van der Waals surface area contributed by atoms with Crippen molar-refractivity contribution in [1.82, 2.24) is 0 Å². The topological polar surface area (TPSA) is 60.4 Å². The van der Waals surface area contributed by atoms with Crippen LogP contribution in [0.5, 0.6) is 5.75 Å². The van der Waals surface area contributed by atoms with E-state index in [0.717, 1.165) is 24.3 Å². The van der Waals surface area contributed by atoms with Gasteiger partial charge in [0.15, 0.2) is 0 Å². The van der Waals surface area contributed by atoms with Crippen molar-refractivity contribution in [3.05, 3.63) is 41.5 Å². The first kappa shape index (κ1) is 12.2. The van der Waals surface area contributed by atoms with E-state index in [1.165, 1.54) is 6.07 Å². The van der Waals surface area contributed by atoms with Crippen LogP contribution < -0.4 is 5.11 Å². The Balaban J connectivity index is 2.75. The highest BCUT2D eigenvalue weighted by atomic mass is 19.4. The average Bonchev–Trinajstić information content (AvgIpc) is 2.26. The fourth-order valence-electron chi connectivity index (χ4n) is 1.71. The van der Waals surface area contributed by atoms with Crippen LogP contribution >= 0.6 is 0 Å². The lowest BCUT2D eigenvalue weighted by Crippen LogP contribution is -2.07. The lowest BCUT2D eigenvalue weighted by Gasteiger charge is -2.14. The predicted molar refractivity (Wildman–Crippen MR) is 55.4 cm³/mol. The minimum atomic E-state index is -4.51. The summed E-state index contributed by atoms with van der Waals surface area (Å²) in [4.78, 5) is 10.9. The van der Waals surface area contributed by atoms with Crippen LogP contribution in [0.4, 0.5) is 13.2 Å². The Hall–Kier alpha value is -2.24. The average molecular weight is 255 g/mol. The number of carboxylic acids is 1. The van der Waals surface area contributed by atoms with Crippen LogP contribution in [0.3, 0.4) is 0 Å². The summed E-state index contributed by atoms with van der Waals surface area (Å²) >= 11 is 0. The van der Waals surface area contributed by atoms with Crippen molar-refractivity contribution in [3.8, 4) is 5.75 Å². The molecule has 0 aliphatic rings. The van der Waals surface area contributed by atoms with E-state index in [0.29, 0.717) is 0 Å². The Morgan fingerprint density at radius 1 is 1.17 bits per heavy atom. The monoisotopic (exact) mass is 255 g/mol. The first-order chi connectivity index (χ1) is 8.30. The molecule has 0 aliphatic heterocycles. The van der Waals surface area contributed by atoms with Gasteiger partial charge in [0.1, 0.15) is 0 Å². The van der Waals surface area contributed by atoms with E-state index < -0.39 is 29.0 Å². The quantitative estimate of drug-likeness (QED) is 0.852. The molecular weight excluding hydrogens is 249 g/mol. The van der Waals surface area contributed by atoms with Gasteiger partial charge in [0.25, 0.3) is 0 Å². The van der Waals surface area contributed by atoms with Gasteiger partial charge in [0.05, 0.1) is 11.1 Å². The van der Waals surface area contributed by atoms with E-state index in [4.69, 9.17) is 5.11 Å². The van der Waals surface area contributed by atoms with Gasteiger partial charge in [-0.1, -0.05) is 23.9 Å². The Kier molecular flexibility index (Phi) is 2.65. The Morgan fingerprint density at radius 3 is 2.39 bits per heavy atom.